The topological polar surface area (TPSA) is 130 Å². The lowest BCUT2D eigenvalue weighted by Gasteiger charge is -2.31. The number of nitrogens with one attached hydrogen (secondary N) is 1. The van der Waals surface area contributed by atoms with Gasteiger partial charge in [-0.1, -0.05) is 36.4 Å². The van der Waals surface area contributed by atoms with Crippen molar-refractivity contribution in [2.24, 2.45) is 0 Å². The third-order valence-corrected chi connectivity index (χ3v) is 8.22. The maximum atomic E-state index is 13.9. The van der Waals surface area contributed by atoms with Gasteiger partial charge in [0.15, 0.2) is 17.3 Å². The number of aliphatic hydroxyl groups excluding tert-OH is 2. The number of hydrogen-bond donors (Lipinski definition) is 4. The van der Waals surface area contributed by atoms with Crippen LogP contribution in [-0.4, -0.2) is 59.6 Å². The summed E-state index contributed by atoms with van der Waals surface area (Å²) in [5, 5.41) is 32.2. The Hall–Kier alpha value is -4.73. The van der Waals surface area contributed by atoms with Gasteiger partial charge < -0.3 is 39.3 Å². The largest absolute Gasteiger partial charge is 0.508 e. The maximum Gasteiger partial charge on any atom is 0.204 e. The number of methoxy groups -OCH3 is 1. The van der Waals surface area contributed by atoms with Crippen LogP contribution in [0.2, 0.25) is 0 Å². The van der Waals surface area contributed by atoms with E-state index < -0.39 is 6.10 Å². The van der Waals surface area contributed by atoms with Crippen LogP contribution in [0.3, 0.4) is 0 Å². The molecule has 5 aromatic rings. The van der Waals surface area contributed by atoms with Gasteiger partial charge in [0.2, 0.25) is 5.75 Å². The predicted octanol–water partition coefficient (Wildman–Crippen LogP) is 6.05. The highest BCUT2D eigenvalue weighted by Gasteiger charge is 2.38. The Balaban J connectivity index is 1.48. The minimum absolute atomic E-state index is 0.0516. The van der Waals surface area contributed by atoms with E-state index in [1.165, 1.54) is 7.11 Å². The minimum atomic E-state index is -0.590. The van der Waals surface area contributed by atoms with Crippen LogP contribution >= 0.6 is 0 Å². The highest BCUT2D eigenvalue weighted by atomic mass is 16.5. The molecule has 0 aliphatic carbocycles. The minimum Gasteiger partial charge on any atom is -0.508 e. The average Bonchev–Trinajstić information content (AvgIpc) is 3.54. The molecule has 9 heteroatoms. The molecular formula is C36H37NO8. The van der Waals surface area contributed by atoms with Crippen molar-refractivity contribution in [2.75, 3.05) is 33.5 Å². The molecule has 0 amide bonds. The molecule has 45 heavy (non-hydrogen) atoms. The first-order valence-electron chi connectivity index (χ1n) is 15.2. The van der Waals surface area contributed by atoms with E-state index in [-0.39, 0.29) is 61.4 Å². The van der Waals surface area contributed by atoms with Crippen molar-refractivity contribution in [3.8, 4) is 28.7 Å². The summed E-state index contributed by atoms with van der Waals surface area (Å²) in [6.45, 7) is 0.247. The fourth-order valence-electron chi connectivity index (χ4n) is 6.05. The first-order valence-corrected chi connectivity index (χ1v) is 15.2. The van der Waals surface area contributed by atoms with E-state index in [9.17, 15) is 20.1 Å². The van der Waals surface area contributed by atoms with Gasteiger partial charge in [-0.25, -0.2) is 0 Å². The molecule has 4 aromatic carbocycles. The Morgan fingerprint density at radius 3 is 2.33 bits per heavy atom. The Morgan fingerprint density at radius 1 is 0.844 bits per heavy atom. The van der Waals surface area contributed by atoms with Gasteiger partial charge in [-0.05, 0) is 59.0 Å². The number of Topliss-reactive ketones (excluding diaryl/α,β-unsaturated/α-hetero) is 1. The van der Waals surface area contributed by atoms with Crippen LogP contribution in [0.1, 0.15) is 52.4 Å². The molecule has 6 rings (SSSR count). The van der Waals surface area contributed by atoms with Gasteiger partial charge in [0.1, 0.15) is 23.2 Å². The van der Waals surface area contributed by atoms with E-state index in [1.54, 1.807) is 24.3 Å². The van der Waals surface area contributed by atoms with Crippen molar-refractivity contribution >= 4 is 27.5 Å². The van der Waals surface area contributed by atoms with Gasteiger partial charge in [-0.3, -0.25) is 4.79 Å². The molecule has 0 radical (unpaired) electrons. The van der Waals surface area contributed by atoms with Gasteiger partial charge in [-0.2, -0.15) is 0 Å². The number of aryl methyl sites for hydroxylation is 1. The molecule has 4 N–H and O–H groups in total. The van der Waals surface area contributed by atoms with Gasteiger partial charge in [-0.15, -0.1) is 0 Å². The number of aliphatic hydroxyl groups is 2. The molecule has 1 unspecified atom stereocenters. The number of carbonyl (C=O) groups excluding carboxylic acids is 1. The number of aromatic nitrogens is 1. The van der Waals surface area contributed by atoms with Crippen molar-refractivity contribution in [1.82, 2.24) is 4.98 Å². The number of hydrogen-bond acceptors (Lipinski definition) is 8. The molecule has 1 aliphatic rings. The normalized spacial score (nSPS) is 14.4. The number of phenols is 1. The molecule has 234 valence electrons. The van der Waals surface area contributed by atoms with Crippen LogP contribution in [0.5, 0.6) is 28.7 Å². The number of carbonyl (C=O) groups is 1. The van der Waals surface area contributed by atoms with Crippen molar-refractivity contribution in [1.29, 1.82) is 0 Å². The monoisotopic (exact) mass is 611 g/mol. The van der Waals surface area contributed by atoms with E-state index in [1.807, 2.05) is 6.20 Å². The van der Waals surface area contributed by atoms with Crippen LogP contribution in [0.4, 0.5) is 0 Å². The fourth-order valence-corrected chi connectivity index (χ4v) is 6.05. The van der Waals surface area contributed by atoms with Crippen molar-refractivity contribution in [3.05, 3.63) is 89.1 Å². The second-order valence-electron chi connectivity index (χ2n) is 11.1. The summed E-state index contributed by atoms with van der Waals surface area (Å²) >= 11 is 0. The number of rotatable bonds is 13. The summed E-state index contributed by atoms with van der Waals surface area (Å²) in [6, 6.07) is 19.2. The van der Waals surface area contributed by atoms with E-state index in [4.69, 9.17) is 18.9 Å². The second kappa shape index (κ2) is 13.5. The summed E-state index contributed by atoms with van der Waals surface area (Å²) in [5.74, 6) is 1.23. The molecule has 0 bridgehead atoms. The van der Waals surface area contributed by atoms with Crippen LogP contribution in [0, 0.1) is 0 Å². The number of benzene rings is 4. The van der Waals surface area contributed by atoms with Crippen molar-refractivity contribution < 1.29 is 39.1 Å². The Bertz CT molecular complexity index is 1810. The summed E-state index contributed by atoms with van der Waals surface area (Å²) < 4.78 is 24.9. The maximum absolute atomic E-state index is 13.9. The second-order valence-corrected chi connectivity index (χ2v) is 11.1. The number of aromatic amines is 1. The van der Waals surface area contributed by atoms with Crippen LogP contribution in [-0.2, 0) is 12.8 Å². The number of H-pyrrole nitrogens is 1. The lowest BCUT2D eigenvalue weighted by molar-refractivity contribution is 0.0836. The number of phenolic OH excluding ortho intramolecular Hbond substituents is 1. The van der Waals surface area contributed by atoms with Gasteiger partial charge in [0.05, 0.1) is 26.7 Å². The predicted molar refractivity (Wildman–Crippen MR) is 171 cm³/mol. The molecule has 0 saturated heterocycles. The van der Waals surface area contributed by atoms with E-state index in [0.29, 0.717) is 42.7 Å². The first kappa shape index (κ1) is 30.3. The zero-order valence-electron chi connectivity index (χ0n) is 25.2. The van der Waals surface area contributed by atoms with Crippen LogP contribution in [0.15, 0.2) is 66.9 Å². The standard InChI is InChI=1S/C36H37NO8/c1-42-36-34(43-19-3-17-38)28(12-9-22-5-2-6-26-25(22)13-14-29-27(26)15-16-37-29)33-32(35(36)44-20-4-18-39)30(41)21-31(45-33)23-7-10-24(40)11-8-23/h2,5-8,10-11,13-16,31,37-40H,3-4,9,12,17-21H2,1H3. The highest BCUT2D eigenvalue weighted by Crippen LogP contribution is 2.53. The highest BCUT2D eigenvalue weighted by molar-refractivity contribution is 6.07. The zero-order chi connectivity index (χ0) is 31.3. The molecule has 1 aromatic heterocycles. The van der Waals surface area contributed by atoms with E-state index >= 15 is 0 Å². The van der Waals surface area contributed by atoms with Crippen molar-refractivity contribution in [3.63, 3.8) is 0 Å². The molecule has 0 spiro atoms. The number of aromatic hydroxyl groups is 1. The van der Waals surface area contributed by atoms with E-state index in [2.05, 4.69) is 41.4 Å². The number of fused-ring (bicyclic) bond motifs is 4. The van der Waals surface area contributed by atoms with Gasteiger partial charge in [0, 0.05) is 48.7 Å². The number of ether oxygens (including phenoxy) is 4. The van der Waals surface area contributed by atoms with Crippen molar-refractivity contribution in [2.45, 2.75) is 38.2 Å². The Morgan fingerprint density at radius 2 is 1.60 bits per heavy atom. The first-order chi connectivity index (χ1) is 22.0. The molecule has 1 aliphatic heterocycles. The summed E-state index contributed by atoms with van der Waals surface area (Å²) in [5.41, 5.74) is 3.91. The third-order valence-electron chi connectivity index (χ3n) is 8.22. The quantitative estimate of drug-likeness (QED) is 0.118. The SMILES string of the molecule is COc1c(OCCCO)c(CCc2cccc3c2ccc2[nH]ccc23)c2c(c1OCCCO)C(=O)CC(c1ccc(O)cc1)O2. The molecule has 9 nitrogen and oxygen atoms in total. The molecule has 1 atom stereocenters. The van der Waals surface area contributed by atoms with Crippen LogP contribution < -0.4 is 18.9 Å². The van der Waals surface area contributed by atoms with Gasteiger partial charge >= 0.3 is 0 Å². The zero-order valence-corrected chi connectivity index (χ0v) is 25.2. The van der Waals surface area contributed by atoms with Gasteiger partial charge in [0.25, 0.3) is 0 Å². The molecule has 2 heterocycles. The molecular weight excluding hydrogens is 574 g/mol. The lowest BCUT2D eigenvalue weighted by atomic mass is 9.90. The lowest BCUT2D eigenvalue weighted by Crippen LogP contribution is -2.24. The fraction of sp³-hybridized carbons (Fsp3) is 0.306. The summed E-state index contributed by atoms with van der Waals surface area (Å²) in [6.07, 6.45) is 3.25. The third kappa shape index (κ3) is 6.01. The Kier molecular flexibility index (Phi) is 9.09. The number of ketones is 1. The summed E-state index contributed by atoms with van der Waals surface area (Å²) in [7, 11) is 1.50. The summed E-state index contributed by atoms with van der Waals surface area (Å²) in [4.78, 5) is 17.2. The Labute approximate surface area is 260 Å². The smallest absolute Gasteiger partial charge is 0.204 e. The average molecular weight is 612 g/mol. The van der Waals surface area contributed by atoms with Crippen LogP contribution in [0.25, 0.3) is 21.7 Å². The van der Waals surface area contributed by atoms with E-state index in [0.717, 1.165) is 32.8 Å². The molecule has 0 saturated carbocycles. The molecule has 0 fully saturated rings.